The number of likely N-dealkylation sites (N-methyl/N-ethyl adjacent to an activating group) is 1. The summed E-state index contributed by atoms with van der Waals surface area (Å²) in [5.74, 6) is 0.725. The predicted octanol–water partition coefficient (Wildman–Crippen LogP) is 3.25. The van der Waals surface area contributed by atoms with Gasteiger partial charge in [0.05, 0.1) is 12.8 Å². The molecular formula is C16H21FN2O. The van der Waals surface area contributed by atoms with Gasteiger partial charge in [-0.1, -0.05) is 19.1 Å². The van der Waals surface area contributed by atoms with E-state index in [1.54, 1.807) is 13.2 Å². The SMILES string of the molecule is CCN(Cc1ccco1)C(CN)c1ccc(F)c(C)c1. The van der Waals surface area contributed by atoms with Crippen LogP contribution in [0, 0.1) is 12.7 Å². The highest BCUT2D eigenvalue weighted by Gasteiger charge is 2.19. The average molecular weight is 276 g/mol. The Hall–Kier alpha value is -1.65. The minimum Gasteiger partial charge on any atom is -0.468 e. The molecule has 1 heterocycles. The quantitative estimate of drug-likeness (QED) is 0.880. The number of furan rings is 1. The summed E-state index contributed by atoms with van der Waals surface area (Å²) in [6.45, 7) is 5.89. The number of nitrogens with two attached hydrogens (primary N) is 1. The van der Waals surface area contributed by atoms with Crippen molar-refractivity contribution in [3.8, 4) is 0 Å². The highest BCUT2D eigenvalue weighted by Crippen LogP contribution is 2.23. The van der Waals surface area contributed by atoms with Gasteiger partial charge in [0.15, 0.2) is 0 Å². The fraction of sp³-hybridized carbons (Fsp3) is 0.375. The summed E-state index contributed by atoms with van der Waals surface area (Å²) in [7, 11) is 0. The highest BCUT2D eigenvalue weighted by molar-refractivity contribution is 5.27. The Morgan fingerprint density at radius 2 is 2.15 bits per heavy atom. The van der Waals surface area contributed by atoms with Crippen LogP contribution in [0.25, 0.3) is 0 Å². The second-order valence-corrected chi connectivity index (χ2v) is 4.90. The van der Waals surface area contributed by atoms with Gasteiger partial charge in [0.25, 0.3) is 0 Å². The second kappa shape index (κ2) is 6.68. The minimum absolute atomic E-state index is 0.0596. The van der Waals surface area contributed by atoms with Gasteiger partial charge in [-0.25, -0.2) is 4.39 Å². The van der Waals surface area contributed by atoms with E-state index in [9.17, 15) is 4.39 Å². The van der Waals surface area contributed by atoms with Gasteiger partial charge < -0.3 is 10.2 Å². The van der Waals surface area contributed by atoms with Crippen molar-refractivity contribution >= 4 is 0 Å². The van der Waals surface area contributed by atoms with E-state index < -0.39 is 0 Å². The molecule has 4 heteroatoms. The summed E-state index contributed by atoms with van der Waals surface area (Å²) in [6, 6.07) is 9.08. The first-order valence-corrected chi connectivity index (χ1v) is 6.88. The normalized spacial score (nSPS) is 12.8. The summed E-state index contributed by atoms with van der Waals surface area (Å²) >= 11 is 0. The molecule has 2 rings (SSSR count). The van der Waals surface area contributed by atoms with Crippen LogP contribution in [0.15, 0.2) is 41.0 Å². The van der Waals surface area contributed by atoms with Crippen molar-refractivity contribution in [2.24, 2.45) is 5.73 Å². The maximum atomic E-state index is 13.4. The lowest BCUT2D eigenvalue weighted by Gasteiger charge is -2.29. The average Bonchev–Trinajstić information content (AvgIpc) is 2.95. The van der Waals surface area contributed by atoms with Crippen molar-refractivity contribution in [1.82, 2.24) is 4.90 Å². The van der Waals surface area contributed by atoms with E-state index in [-0.39, 0.29) is 11.9 Å². The first-order valence-electron chi connectivity index (χ1n) is 6.88. The molecule has 0 spiro atoms. The van der Waals surface area contributed by atoms with Gasteiger partial charge >= 0.3 is 0 Å². The van der Waals surface area contributed by atoms with Gasteiger partial charge in [0.2, 0.25) is 0 Å². The molecule has 2 N–H and O–H groups in total. The van der Waals surface area contributed by atoms with Gasteiger partial charge in [-0.3, -0.25) is 4.90 Å². The summed E-state index contributed by atoms with van der Waals surface area (Å²) in [5.41, 5.74) is 7.62. The Morgan fingerprint density at radius 1 is 1.35 bits per heavy atom. The van der Waals surface area contributed by atoms with Crippen molar-refractivity contribution in [3.63, 3.8) is 0 Å². The largest absolute Gasteiger partial charge is 0.468 e. The van der Waals surface area contributed by atoms with E-state index in [4.69, 9.17) is 10.2 Å². The molecule has 1 aromatic heterocycles. The van der Waals surface area contributed by atoms with Crippen LogP contribution in [0.3, 0.4) is 0 Å². The van der Waals surface area contributed by atoms with Crippen molar-refractivity contribution in [3.05, 3.63) is 59.3 Å². The third kappa shape index (κ3) is 3.26. The van der Waals surface area contributed by atoms with Gasteiger partial charge in [0.1, 0.15) is 11.6 Å². The smallest absolute Gasteiger partial charge is 0.126 e. The predicted molar refractivity (Wildman–Crippen MR) is 77.7 cm³/mol. The number of aryl methyl sites for hydroxylation is 1. The van der Waals surface area contributed by atoms with Crippen molar-refractivity contribution in [2.45, 2.75) is 26.4 Å². The molecule has 108 valence electrons. The zero-order chi connectivity index (χ0) is 14.5. The molecule has 0 radical (unpaired) electrons. The molecule has 0 aliphatic carbocycles. The topological polar surface area (TPSA) is 42.4 Å². The molecule has 0 aliphatic rings. The highest BCUT2D eigenvalue weighted by atomic mass is 19.1. The molecule has 0 saturated carbocycles. The summed E-state index contributed by atoms with van der Waals surface area (Å²) < 4.78 is 18.8. The third-order valence-electron chi connectivity index (χ3n) is 3.58. The molecule has 0 saturated heterocycles. The van der Waals surface area contributed by atoms with Crippen LogP contribution in [-0.2, 0) is 6.54 Å². The van der Waals surface area contributed by atoms with Crippen LogP contribution in [0.1, 0.15) is 29.9 Å². The Kier molecular flexibility index (Phi) is 4.93. The lowest BCUT2D eigenvalue weighted by Crippen LogP contribution is -2.33. The number of benzene rings is 1. The van der Waals surface area contributed by atoms with E-state index in [2.05, 4.69) is 11.8 Å². The molecule has 1 atom stereocenters. The van der Waals surface area contributed by atoms with Crippen LogP contribution in [0.2, 0.25) is 0 Å². The maximum Gasteiger partial charge on any atom is 0.126 e. The van der Waals surface area contributed by atoms with Crippen LogP contribution >= 0.6 is 0 Å². The van der Waals surface area contributed by atoms with Gasteiger partial charge in [0, 0.05) is 12.6 Å². The first-order chi connectivity index (χ1) is 9.65. The molecule has 1 aromatic carbocycles. The molecular weight excluding hydrogens is 255 g/mol. The maximum absolute atomic E-state index is 13.4. The fourth-order valence-corrected chi connectivity index (χ4v) is 2.42. The second-order valence-electron chi connectivity index (χ2n) is 4.90. The molecule has 1 unspecified atom stereocenters. The summed E-state index contributed by atoms with van der Waals surface area (Å²) in [5, 5.41) is 0. The van der Waals surface area contributed by atoms with Gasteiger partial charge in [-0.15, -0.1) is 0 Å². The lowest BCUT2D eigenvalue weighted by molar-refractivity contribution is 0.188. The molecule has 20 heavy (non-hydrogen) atoms. The Morgan fingerprint density at radius 3 is 2.70 bits per heavy atom. The van der Waals surface area contributed by atoms with E-state index in [0.29, 0.717) is 18.7 Å². The van der Waals surface area contributed by atoms with Gasteiger partial charge in [-0.05, 0) is 42.8 Å². The fourth-order valence-electron chi connectivity index (χ4n) is 2.42. The molecule has 0 amide bonds. The van der Waals surface area contributed by atoms with Crippen LogP contribution in [0.4, 0.5) is 4.39 Å². The van der Waals surface area contributed by atoms with Crippen molar-refractivity contribution in [1.29, 1.82) is 0 Å². The Bertz CT molecular complexity index is 539. The van der Waals surface area contributed by atoms with E-state index in [1.165, 1.54) is 6.07 Å². The summed E-state index contributed by atoms with van der Waals surface area (Å²) in [6.07, 6.45) is 1.67. The van der Waals surface area contributed by atoms with Crippen LogP contribution in [0.5, 0.6) is 0 Å². The summed E-state index contributed by atoms with van der Waals surface area (Å²) in [4.78, 5) is 2.23. The van der Waals surface area contributed by atoms with E-state index >= 15 is 0 Å². The number of halogens is 1. The van der Waals surface area contributed by atoms with Crippen LogP contribution in [-0.4, -0.2) is 18.0 Å². The van der Waals surface area contributed by atoms with Gasteiger partial charge in [-0.2, -0.15) is 0 Å². The zero-order valence-electron chi connectivity index (χ0n) is 12.0. The number of hydrogen-bond acceptors (Lipinski definition) is 3. The first kappa shape index (κ1) is 14.8. The number of hydrogen-bond donors (Lipinski definition) is 1. The molecule has 0 bridgehead atoms. The minimum atomic E-state index is -0.182. The Labute approximate surface area is 119 Å². The molecule has 3 nitrogen and oxygen atoms in total. The monoisotopic (exact) mass is 276 g/mol. The van der Waals surface area contributed by atoms with Crippen molar-refractivity contribution in [2.75, 3.05) is 13.1 Å². The van der Waals surface area contributed by atoms with E-state index in [1.807, 2.05) is 24.3 Å². The molecule has 0 fully saturated rings. The molecule has 2 aromatic rings. The number of rotatable bonds is 6. The lowest BCUT2D eigenvalue weighted by atomic mass is 10.0. The van der Waals surface area contributed by atoms with Crippen molar-refractivity contribution < 1.29 is 8.81 Å². The Balaban J connectivity index is 2.21. The molecule has 0 aliphatic heterocycles. The zero-order valence-corrected chi connectivity index (χ0v) is 12.0. The standard InChI is InChI=1S/C16H21FN2O/c1-3-19(11-14-5-4-8-20-14)16(10-18)13-6-7-15(17)12(2)9-13/h4-9,16H,3,10-11,18H2,1-2H3. The number of nitrogens with zero attached hydrogens (tertiary/aromatic N) is 1. The third-order valence-corrected chi connectivity index (χ3v) is 3.58. The van der Waals surface area contributed by atoms with E-state index in [0.717, 1.165) is 17.9 Å². The van der Waals surface area contributed by atoms with Crippen LogP contribution < -0.4 is 5.73 Å².